The van der Waals surface area contributed by atoms with Crippen LogP contribution in [0.1, 0.15) is 16.7 Å². The van der Waals surface area contributed by atoms with Gasteiger partial charge in [-0.1, -0.05) is 54.6 Å². The molecule has 1 fully saturated rings. The molecule has 5 nitrogen and oxygen atoms in total. The molecule has 0 unspecified atom stereocenters. The van der Waals surface area contributed by atoms with Crippen molar-refractivity contribution in [2.75, 3.05) is 12.0 Å². The van der Waals surface area contributed by atoms with Gasteiger partial charge < -0.3 is 9.47 Å². The van der Waals surface area contributed by atoms with Gasteiger partial charge >= 0.3 is 0 Å². The number of carbonyl (C=O) groups is 1. The normalized spacial score (nSPS) is 15.1. The van der Waals surface area contributed by atoms with Gasteiger partial charge in [-0.25, -0.2) is 9.38 Å². The molecular formula is C33H27FN2O3S. The van der Waals surface area contributed by atoms with E-state index in [1.165, 1.54) is 23.9 Å². The Kier molecular flexibility index (Phi) is 8.42. The summed E-state index contributed by atoms with van der Waals surface area (Å²) in [7, 11) is 1.57. The fourth-order valence-corrected chi connectivity index (χ4v) is 5.29. The molecular weight excluding hydrogens is 523 g/mol. The molecule has 0 aliphatic carbocycles. The number of halogens is 1. The number of ether oxygens (including phenoxy) is 2. The van der Waals surface area contributed by atoms with E-state index >= 15 is 0 Å². The number of rotatable bonds is 9. The molecule has 5 rings (SSSR count). The van der Waals surface area contributed by atoms with E-state index < -0.39 is 0 Å². The van der Waals surface area contributed by atoms with Crippen molar-refractivity contribution in [3.63, 3.8) is 0 Å². The smallest absolute Gasteiger partial charge is 0.271 e. The highest BCUT2D eigenvalue weighted by atomic mass is 32.2. The number of amidine groups is 1. The van der Waals surface area contributed by atoms with Crippen molar-refractivity contribution in [3.05, 3.63) is 137 Å². The van der Waals surface area contributed by atoms with E-state index in [9.17, 15) is 9.18 Å². The average molecular weight is 551 g/mol. The van der Waals surface area contributed by atoms with Gasteiger partial charge in [0.2, 0.25) is 0 Å². The van der Waals surface area contributed by atoms with Crippen LogP contribution >= 0.6 is 11.8 Å². The van der Waals surface area contributed by atoms with Crippen LogP contribution in [0, 0.1) is 5.82 Å². The summed E-state index contributed by atoms with van der Waals surface area (Å²) < 4.78 is 25.4. The summed E-state index contributed by atoms with van der Waals surface area (Å²) in [5.74, 6) is 0.578. The average Bonchev–Trinajstić information content (AvgIpc) is 3.27. The molecule has 4 aromatic carbocycles. The highest BCUT2D eigenvalue weighted by molar-refractivity contribution is 8.19. The summed E-state index contributed by atoms with van der Waals surface area (Å²) in [5, 5.41) is 0.571. The molecule has 0 radical (unpaired) electrons. The minimum Gasteiger partial charge on any atom is -0.493 e. The molecule has 1 saturated heterocycles. The number of hydrogen-bond donors (Lipinski definition) is 0. The zero-order chi connectivity index (χ0) is 27.9. The first kappa shape index (κ1) is 27.0. The van der Waals surface area contributed by atoms with Crippen molar-refractivity contribution >= 4 is 40.3 Å². The monoisotopic (exact) mass is 550 g/mol. The largest absolute Gasteiger partial charge is 0.493 e. The Morgan fingerprint density at radius 1 is 0.975 bits per heavy atom. The van der Waals surface area contributed by atoms with E-state index in [4.69, 9.17) is 14.5 Å². The van der Waals surface area contributed by atoms with E-state index in [1.807, 2.05) is 78.9 Å². The topological polar surface area (TPSA) is 51.1 Å². The molecule has 1 aliphatic heterocycles. The van der Waals surface area contributed by atoms with Gasteiger partial charge in [-0.15, -0.1) is 6.58 Å². The number of aliphatic imine (C=N–C) groups is 1. The molecule has 0 saturated carbocycles. The first-order chi connectivity index (χ1) is 19.6. The van der Waals surface area contributed by atoms with Gasteiger partial charge in [-0.2, -0.15) is 0 Å². The molecule has 200 valence electrons. The Bertz CT molecular complexity index is 1590. The fourth-order valence-electron chi connectivity index (χ4n) is 4.29. The van der Waals surface area contributed by atoms with Crippen LogP contribution in [-0.4, -0.2) is 18.2 Å². The predicted octanol–water partition coefficient (Wildman–Crippen LogP) is 7.95. The number of para-hydroxylation sites is 2. The van der Waals surface area contributed by atoms with Crippen LogP contribution in [-0.2, 0) is 17.8 Å². The van der Waals surface area contributed by atoms with Crippen LogP contribution in [0.2, 0.25) is 0 Å². The lowest BCUT2D eigenvalue weighted by Gasteiger charge is -2.16. The van der Waals surface area contributed by atoms with Gasteiger partial charge in [-0.3, -0.25) is 9.69 Å². The van der Waals surface area contributed by atoms with Crippen LogP contribution in [0.3, 0.4) is 0 Å². The van der Waals surface area contributed by atoms with Crippen LogP contribution in [0.5, 0.6) is 11.5 Å². The first-order valence-electron chi connectivity index (χ1n) is 12.7. The Balaban J connectivity index is 1.50. The molecule has 0 spiro atoms. The maximum absolute atomic E-state index is 13.7. The van der Waals surface area contributed by atoms with E-state index in [0.29, 0.717) is 33.6 Å². The maximum Gasteiger partial charge on any atom is 0.271 e. The lowest BCUT2D eigenvalue weighted by atomic mass is 10.0. The minimum absolute atomic E-state index is 0.165. The van der Waals surface area contributed by atoms with E-state index in [1.54, 1.807) is 30.2 Å². The predicted molar refractivity (Wildman–Crippen MR) is 161 cm³/mol. The molecule has 0 aromatic heterocycles. The molecule has 1 amide bonds. The number of methoxy groups -OCH3 is 1. The van der Waals surface area contributed by atoms with Crippen molar-refractivity contribution in [1.82, 2.24) is 0 Å². The standard InChI is InChI=1S/C33H27FN2O3S/c1-3-11-25-18-24(20-29(38-2)31(25)39-22-23-12-10-13-26(34)19-23)21-30-32(37)36(28-16-8-5-9-17-28)33(40-30)35-27-14-6-4-7-15-27/h3-10,12-21H,1,11,22H2,2H3/b30-21+,35-33?. The van der Waals surface area contributed by atoms with Gasteiger partial charge in [0.15, 0.2) is 16.7 Å². The quantitative estimate of drug-likeness (QED) is 0.157. The van der Waals surface area contributed by atoms with Gasteiger partial charge in [0.1, 0.15) is 12.4 Å². The number of benzene rings is 4. The SMILES string of the molecule is C=CCc1cc(/C=C2/SC(=Nc3ccccc3)N(c3ccccc3)C2=O)cc(OC)c1OCc1cccc(F)c1. The second-order valence-electron chi connectivity index (χ2n) is 8.94. The molecule has 1 aliphatic rings. The first-order valence-corrected chi connectivity index (χ1v) is 13.5. The summed E-state index contributed by atoms with van der Waals surface area (Å²) in [6, 6.07) is 29.1. The van der Waals surface area contributed by atoms with Crippen LogP contribution in [0.25, 0.3) is 6.08 Å². The lowest BCUT2D eigenvalue weighted by Crippen LogP contribution is -2.28. The van der Waals surface area contributed by atoms with Gasteiger partial charge in [0.25, 0.3) is 5.91 Å². The second-order valence-corrected chi connectivity index (χ2v) is 9.95. The second kappa shape index (κ2) is 12.5. The van der Waals surface area contributed by atoms with E-state index in [0.717, 1.165) is 22.5 Å². The van der Waals surface area contributed by atoms with Gasteiger partial charge in [0, 0.05) is 5.56 Å². The number of amides is 1. The Hall–Kier alpha value is -4.62. The van der Waals surface area contributed by atoms with Crippen LogP contribution in [0.15, 0.2) is 120 Å². The maximum atomic E-state index is 13.7. The Labute approximate surface area is 237 Å². The highest BCUT2D eigenvalue weighted by Gasteiger charge is 2.34. The van der Waals surface area contributed by atoms with Crippen molar-refractivity contribution < 1.29 is 18.7 Å². The van der Waals surface area contributed by atoms with Crippen molar-refractivity contribution in [1.29, 1.82) is 0 Å². The molecule has 0 bridgehead atoms. The number of hydrogen-bond acceptors (Lipinski definition) is 5. The van der Waals surface area contributed by atoms with Crippen molar-refractivity contribution in [2.24, 2.45) is 4.99 Å². The third kappa shape index (κ3) is 6.16. The Morgan fingerprint density at radius 2 is 1.73 bits per heavy atom. The van der Waals surface area contributed by atoms with Crippen molar-refractivity contribution in [2.45, 2.75) is 13.0 Å². The lowest BCUT2D eigenvalue weighted by molar-refractivity contribution is -0.113. The minimum atomic E-state index is -0.320. The third-order valence-electron chi connectivity index (χ3n) is 6.11. The summed E-state index contributed by atoms with van der Waals surface area (Å²) >= 11 is 1.32. The van der Waals surface area contributed by atoms with Crippen LogP contribution in [0.4, 0.5) is 15.8 Å². The summed E-state index contributed by atoms with van der Waals surface area (Å²) in [5.41, 5.74) is 3.82. The zero-order valence-corrected chi connectivity index (χ0v) is 22.7. The third-order valence-corrected chi connectivity index (χ3v) is 7.08. The molecule has 0 N–H and O–H groups in total. The number of anilines is 1. The molecule has 4 aromatic rings. The van der Waals surface area contributed by atoms with Gasteiger partial charge in [-0.05, 0) is 83.9 Å². The zero-order valence-electron chi connectivity index (χ0n) is 21.9. The Morgan fingerprint density at radius 3 is 2.42 bits per heavy atom. The number of carbonyl (C=O) groups excluding carboxylic acids is 1. The van der Waals surface area contributed by atoms with Crippen molar-refractivity contribution in [3.8, 4) is 11.5 Å². The van der Waals surface area contributed by atoms with Gasteiger partial charge in [0.05, 0.1) is 23.4 Å². The summed E-state index contributed by atoms with van der Waals surface area (Å²) in [6.07, 6.45) is 4.13. The molecule has 0 atom stereocenters. The van der Waals surface area contributed by atoms with E-state index in [-0.39, 0.29) is 18.3 Å². The summed E-state index contributed by atoms with van der Waals surface area (Å²) in [6.45, 7) is 4.06. The molecule has 7 heteroatoms. The number of nitrogens with zero attached hydrogens (tertiary/aromatic N) is 2. The number of allylic oxidation sites excluding steroid dienone is 1. The van der Waals surface area contributed by atoms with Crippen LogP contribution < -0.4 is 14.4 Å². The fraction of sp³-hybridized carbons (Fsp3) is 0.0909. The molecule has 40 heavy (non-hydrogen) atoms. The number of thioether (sulfide) groups is 1. The highest BCUT2D eigenvalue weighted by Crippen LogP contribution is 2.39. The summed E-state index contributed by atoms with van der Waals surface area (Å²) in [4.78, 5) is 20.6. The van der Waals surface area contributed by atoms with E-state index in [2.05, 4.69) is 6.58 Å². The molecule has 1 heterocycles.